The number of Topliss-reactive ketones (excluding diaryl/α,β-unsaturated/α-hetero) is 1. The molecule has 0 saturated heterocycles. The van der Waals surface area contributed by atoms with Crippen molar-refractivity contribution < 1.29 is 34.1 Å². The van der Waals surface area contributed by atoms with Gasteiger partial charge in [0.1, 0.15) is 24.1 Å². The standard InChI is InChI=1S/C24H26O7/c1-16(13-21(25)26)23(28)30-15-20(14-17-7-5-4-6-8-17)31-19-11-9-18(10-12-19)22(27)24(2,3)29/h4-13,20,29H,14-15H2,1-3H3,(H,25,26)/b16-13-. The number of carboxylic acid groups (broad SMARTS) is 1. The van der Waals surface area contributed by atoms with Crippen molar-refractivity contribution in [2.24, 2.45) is 0 Å². The van der Waals surface area contributed by atoms with Crippen LogP contribution in [-0.4, -0.2) is 46.2 Å². The van der Waals surface area contributed by atoms with Crippen LogP contribution in [-0.2, 0) is 20.7 Å². The van der Waals surface area contributed by atoms with E-state index < -0.39 is 29.4 Å². The molecule has 0 saturated carbocycles. The van der Waals surface area contributed by atoms with Gasteiger partial charge < -0.3 is 19.7 Å². The predicted octanol–water partition coefficient (Wildman–Crippen LogP) is 3.20. The van der Waals surface area contributed by atoms with Crippen LogP contribution in [0.2, 0.25) is 0 Å². The van der Waals surface area contributed by atoms with E-state index in [0.29, 0.717) is 17.7 Å². The number of carbonyl (C=O) groups excluding carboxylic acids is 2. The Morgan fingerprint density at radius 2 is 1.65 bits per heavy atom. The van der Waals surface area contributed by atoms with Crippen molar-refractivity contribution in [3.8, 4) is 5.75 Å². The zero-order valence-electron chi connectivity index (χ0n) is 17.7. The van der Waals surface area contributed by atoms with E-state index >= 15 is 0 Å². The fraction of sp³-hybridized carbons (Fsp3) is 0.292. The summed E-state index contributed by atoms with van der Waals surface area (Å²) in [5.41, 5.74) is -0.191. The summed E-state index contributed by atoms with van der Waals surface area (Å²) in [6, 6.07) is 15.8. The number of hydrogen-bond donors (Lipinski definition) is 2. The summed E-state index contributed by atoms with van der Waals surface area (Å²) in [6.07, 6.45) is 0.688. The molecule has 2 aromatic carbocycles. The minimum atomic E-state index is -1.48. The Hall–Kier alpha value is -3.45. The molecule has 2 N–H and O–H groups in total. The van der Waals surface area contributed by atoms with Crippen LogP contribution in [0.25, 0.3) is 0 Å². The summed E-state index contributed by atoms with van der Waals surface area (Å²) in [7, 11) is 0. The van der Waals surface area contributed by atoms with Gasteiger partial charge in [-0.3, -0.25) is 4.79 Å². The topological polar surface area (TPSA) is 110 Å². The van der Waals surface area contributed by atoms with Crippen LogP contribution in [0.15, 0.2) is 66.2 Å². The predicted molar refractivity (Wildman–Crippen MR) is 114 cm³/mol. The second kappa shape index (κ2) is 10.5. The van der Waals surface area contributed by atoms with Gasteiger partial charge in [-0.05, 0) is 50.6 Å². The lowest BCUT2D eigenvalue weighted by Crippen LogP contribution is -2.31. The molecule has 0 heterocycles. The third-order valence-electron chi connectivity index (χ3n) is 4.34. The van der Waals surface area contributed by atoms with Crippen molar-refractivity contribution in [3.05, 3.63) is 77.4 Å². The van der Waals surface area contributed by atoms with Gasteiger partial charge in [0.15, 0.2) is 5.78 Å². The second-order valence-corrected chi connectivity index (χ2v) is 7.61. The lowest BCUT2D eigenvalue weighted by molar-refractivity contribution is -0.142. The average molecular weight is 426 g/mol. The van der Waals surface area contributed by atoms with Crippen LogP contribution in [0.1, 0.15) is 36.7 Å². The highest BCUT2D eigenvalue weighted by Gasteiger charge is 2.25. The van der Waals surface area contributed by atoms with Gasteiger partial charge >= 0.3 is 11.9 Å². The molecule has 1 unspecified atom stereocenters. The van der Waals surface area contributed by atoms with E-state index in [1.807, 2.05) is 30.3 Å². The molecule has 1 atom stereocenters. The van der Waals surface area contributed by atoms with Gasteiger partial charge in [-0.25, -0.2) is 9.59 Å². The van der Waals surface area contributed by atoms with Crippen molar-refractivity contribution >= 4 is 17.7 Å². The number of ketones is 1. The van der Waals surface area contributed by atoms with E-state index in [1.54, 1.807) is 24.3 Å². The fourth-order valence-electron chi connectivity index (χ4n) is 2.77. The molecule has 7 heteroatoms. The van der Waals surface area contributed by atoms with E-state index in [-0.39, 0.29) is 12.2 Å². The van der Waals surface area contributed by atoms with E-state index in [0.717, 1.165) is 11.6 Å². The molecule has 0 spiro atoms. The third-order valence-corrected chi connectivity index (χ3v) is 4.34. The molecule has 7 nitrogen and oxygen atoms in total. The highest BCUT2D eigenvalue weighted by atomic mass is 16.6. The number of carbonyl (C=O) groups is 3. The van der Waals surface area contributed by atoms with Gasteiger partial charge in [0.2, 0.25) is 0 Å². The van der Waals surface area contributed by atoms with Crippen molar-refractivity contribution in [1.82, 2.24) is 0 Å². The minimum absolute atomic E-state index is 0.0274. The second-order valence-electron chi connectivity index (χ2n) is 7.61. The zero-order valence-corrected chi connectivity index (χ0v) is 17.7. The number of aliphatic carboxylic acids is 1. The molecule has 2 aromatic rings. The van der Waals surface area contributed by atoms with E-state index in [1.165, 1.54) is 20.8 Å². The first kappa shape index (κ1) is 23.8. The Kier molecular flexibility index (Phi) is 8.10. The summed E-state index contributed by atoms with van der Waals surface area (Å²) in [4.78, 5) is 34.9. The molecule has 0 aliphatic heterocycles. The van der Waals surface area contributed by atoms with E-state index in [9.17, 15) is 19.5 Å². The normalized spacial score (nSPS) is 12.7. The number of carboxylic acids is 1. The quantitative estimate of drug-likeness (QED) is 0.341. The highest BCUT2D eigenvalue weighted by Crippen LogP contribution is 2.19. The Balaban J connectivity index is 2.12. The first-order valence-corrected chi connectivity index (χ1v) is 9.72. The number of hydrogen-bond acceptors (Lipinski definition) is 6. The average Bonchev–Trinajstić information content (AvgIpc) is 2.71. The highest BCUT2D eigenvalue weighted by molar-refractivity contribution is 6.01. The van der Waals surface area contributed by atoms with Gasteiger partial charge in [0.25, 0.3) is 0 Å². The van der Waals surface area contributed by atoms with Crippen molar-refractivity contribution in [1.29, 1.82) is 0 Å². The molecule has 0 aliphatic rings. The van der Waals surface area contributed by atoms with Gasteiger partial charge in [0.05, 0.1) is 0 Å². The number of aliphatic hydroxyl groups is 1. The van der Waals surface area contributed by atoms with Gasteiger partial charge in [-0.15, -0.1) is 0 Å². The fourth-order valence-corrected chi connectivity index (χ4v) is 2.77. The number of esters is 1. The number of ether oxygens (including phenoxy) is 2. The summed E-state index contributed by atoms with van der Waals surface area (Å²) < 4.78 is 11.2. The largest absolute Gasteiger partial charge is 0.487 e. The molecule has 31 heavy (non-hydrogen) atoms. The summed E-state index contributed by atoms with van der Waals surface area (Å²) >= 11 is 0. The van der Waals surface area contributed by atoms with Crippen molar-refractivity contribution in [2.75, 3.05) is 6.61 Å². The van der Waals surface area contributed by atoms with Gasteiger partial charge in [0, 0.05) is 23.6 Å². The maximum absolute atomic E-state index is 12.2. The molecule has 0 bridgehead atoms. The van der Waals surface area contributed by atoms with Crippen LogP contribution in [0.5, 0.6) is 5.75 Å². The van der Waals surface area contributed by atoms with Crippen LogP contribution in [0.4, 0.5) is 0 Å². The van der Waals surface area contributed by atoms with Crippen molar-refractivity contribution in [3.63, 3.8) is 0 Å². The van der Waals surface area contributed by atoms with E-state index in [4.69, 9.17) is 14.6 Å². The molecule has 0 fully saturated rings. The van der Waals surface area contributed by atoms with Crippen LogP contribution in [0.3, 0.4) is 0 Å². The van der Waals surface area contributed by atoms with Crippen LogP contribution < -0.4 is 4.74 Å². The smallest absolute Gasteiger partial charge is 0.334 e. The Morgan fingerprint density at radius 3 is 2.19 bits per heavy atom. The maximum atomic E-state index is 12.2. The SMILES string of the molecule is C/C(=C/C(=O)O)C(=O)OCC(Cc1ccccc1)Oc1ccc(C(=O)C(C)(C)O)cc1. The molecular weight excluding hydrogens is 400 g/mol. The molecule has 0 aromatic heterocycles. The summed E-state index contributed by atoms with van der Waals surface area (Å²) in [5, 5.41) is 18.6. The van der Waals surface area contributed by atoms with Gasteiger partial charge in [-0.2, -0.15) is 0 Å². The zero-order chi connectivity index (χ0) is 23.0. The molecule has 0 radical (unpaired) electrons. The molecular formula is C24H26O7. The molecule has 0 amide bonds. The first-order valence-electron chi connectivity index (χ1n) is 9.72. The monoisotopic (exact) mass is 426 g/mol. The minimum Gasteiger partial charge on any atom is -0.487 e. The number of rotatable bonds is 10. The lowest BCUT2D eigenvalue weighted by Gasteiger charge is -2.20. The number of benzene rings is 2. The molecule has 164 valence electrons. The Bertz CT molecular complexity index is 938. The summed E-state index contributed by atoms with van der Waals surface area (Å²) in [6.45, 7) is 4.11. The van der Waals surface area contributed by atoms with Gasteiger partial charge in [-0.1, -0.05) is 30.3 Å². The molecule has 2 rings (SSSR count). The first-order chi connectivity index (χ1) is 14.6. The van der Waals surface area contributed by atoms with Crippen molar-refractivity contribution in [2.45, 2.75) is 38.9 Å². The van der Waals surface area contributed by atoms with Crippen LogP contribution in [0, 0.1) is 0 Å². The summed E-state index contributed by atoms with van der Waals surface area (Å²) in [5.74, 6) is -1.92. The lowest BCUT2D eigenvalue weighted by atomic mass is 9.97. The Morgan fingerprint density at radius 1 is 1.03 bits per heavy atom. The van der Waals surface area contributed by atoms with E-state index in [2.05, 4.69) is 0 Å². The molecule has 0 aliphatic carbocycles. The maximum Gasteiger partial charge on any atom is 0.334 e. The third kappa shape index (κ3) is 7.71. The van der Waals surface area contributed by atoms with Crippen LogP contribution >= 0.6 is 0 Å². The Labute approximate surface area is 180 Å².